The van der Waals surface area contributed by atoms with Crippen molar-refractivity contribution < 1.29 is 22.7 Å². The van der Waals surface area contributed by atoms with Crippen LogP contribution in [-0.2, 0) is 34.6 Å². The highest BCUT2D eigenvalue weighted by Gasteiger charge is 2.44. The van der Waals surface area contributed by atoms with Crippen molar-refractivity contribution in [1.82, 2.24) is 9.29 Å². The molecule has 1 amide bonds. The first-order valence-electron chi connectivity index (χ1n) is 14.3. The molecule has 0 atom stereocenters. The van der Waals surface area contributed by atoms with Crippen molar-refractivity contribution in [3.8, 4) is 11.6 Å². The van der Waals surface area contributed by atoms with Gasteiger partial charge in [0.2, 0.25) is 5.88 Å². The maximum absolute atomic E-state index is 13.6. The molecule has 43 heavy (non-hydrogen) atoms. The van der Waals surface area contributed by atoms with Gasteiger partial charge in [0.1, 0.15) is 25.5 Å². The molecular weight excluding hydrogens is 579 g/mol. The van der Waals surface area contributed by atoms with E-state index in [1.54, 1.807) is 6.07 Å². The lowest BCUT2D eigenvalue weighted by Gasteiger charge is -2.24. The topological polar surface area (TPSA) is 89.0 Å². The number of amides is 1. The summed E-state index contributed by atoms with van der Waals surface area (Å²) < 4.78 is 41.5. The molecule has 10 heteroatoms. The van der Waals surface area contributed by atoms with E-state index in [1.807, 2.05) is 91.0 Å². The van der Waals surface area contributed by atoms with Crippen molar-refractivity contribution >= 4 is 29.9 Å². The number of hydrogen-bond acceptors (Lipinski definition) is 6. The van der Waals surface area contributed by atoms with E-state index in [2.05, 4.69) is 24.6 Å². The lowest BCUT2D eigenvalue weighted by molar-refractivity contribution is -0.123. The summed E-state index contributed by atoms with van der Waals surface area (Å²) in [6.07, 6.45) is 0.485. The number of benzene rings is 3. The number of carbonyl (C=O) groups excluding carboxylic acids is 1. The summed E-state index contributed by atoms with van der Waals surface area (Å²) in [6, 6.07) is 31.3. The van der Waals surface area contributed by atoms with Crippen LogP contribution in [0.2, 0.25) is 25.7 Å². The number of hydrogen-bond donors (Lipinski definition) is 0. The van der Waals surface area contributed by atoms with E-state index < -0.39 is 24.2 Å². The SMILES string of the molecule is C[Si](C)(C)CCN1C(=O)CN(c2ccc(Cc3cccc(OCc4ccccc4)n3)cc2OCc2ccccc2)S1(=O)=O. The summed E-state index contributed by atoms with van der Waals surface area (Å²) in [5.74, 6) is 0.493. The Morgan fingerprint density at radius 1 is 0.791 bits per heavy atom. The Balaban J connectivity index is 1.39. The molecule has 1 aromatic heterocycles. The maximum atomic E-state index is 13.6. The monoisotopic (exact) mass is 615 g/mol. The van der Waals surface area contributed by atoms with Gasteiger partial charge in [-0.2, -0.15) is 8.42 Å². The van der Waals surface area contributed by atoms with Crippen LogP contribution in [0.15, 0.2) is 97.1 Å². The van der Waals surface area contributed by atoms with E-state index >= 15 is 0 Å². The zero-order valence-electron chi connectivity index (χ0n) is 24.8. The summed E-state index contributed by atoms with van der Waals surface area (Å²) in [6.45, 7) is 7.09. The van der Waals surface area contributed by atoms with Gasteiger partial charge in [0, 0.05) is 32.8 Å². The van der Waals surface area contributed by atoms with Gasteiger partial charge in [0.05, 0.1) is 5.69 Å². The third kappa shape index (κ3) is 7.82. The highest BCUT2D eigenvalue weighted by atomic mass is 32.2. The minimum atomic E-state index is -4.03. The molecule has 0 aliphatic carbocycles. The molecule has 3 aromatic carbocycles. The minimum Gasteiger partial charge on any atom is -0.487 e. The first-order valence-corrected chi connectivity index (χ1v) is 19.4. The molecule has 1 aliphatic heterocycles. The van der Waals surface area contributed by atoms with E-state index in [4.69, 9.17) is 9.47 Å². The van der Waals surface area contributed by atoms with Crippen LogP contribution in [0.1, 0.15) is 22.4 Å². The Kier molecular flexibility index (Phi) is 9.17. The molecule has 224 valence electrons. The lowest BCUT2D eigenvalue weighted by Crippen LogP contribution is -2.37. The largest absolute Gasteiger partial charge is 0.487 e. The van der Waals surface area contributed by atoms with Crippen molar-refractivity contribution in [2.75, 3.05) is 17.4 Å². The van der Waals surface area contributed by atoms with Gasteiger partial charge >= 0.3 is 10.2 Å². The maximum Gasteiger partial charge on any atom is 0.329 e. The average Bonchev–Trinajstić information content (AvgIpc) is 3.21. The smallest absolute Gasteiger partial charge is 0.329 e. The zero-order valence-corrected chi connectivity index (χ0v) is 26.6. The molecule has 4 aromatic rings. The Hall–Kier alpha value is -4.15. The molecule has 2 heterocycles. The van der Waals surface area contributed by atoms with Crippen LogP contribution < -0.4 is 13.8 Å². The van der Waals surface area contributed by atoms with E-state index in [0.717, 1.165) is 26.7 Å². The Bertz CT molecular complexity index is 1660. The van der Waals surface area contributed by atoms with Crippen molar-refractivity contribution in [3.63, 3.8) is 0 Å². The predicted molar refractivity (Wildman–Crippen MR) is 171 cm³/mol. The molecule has 1 fully saturated rings. The van der Waals surface area contributed by atoms with Crippen molar-refractivity contribution in [2.24, 2.45) is 0 Å². The van der Waals surface area contributed by atoms with E-state index in [9.17, 15) is 13.2 Å². The second-order valence-corrected chi connectivity index (χ2v) is 19.2. The zero-order chi connectivity index (χ0) is 30.5. The van der Waals surface area contributed by atoms with Gasteiger partial charge in [-0.05, 0) is 40.9 Å². The highest BCUT2D eigenvalue weighted by Crippen LogP contribution is 2.36. The van der Waals surface area contributed by atoms with Crippen LogP contribution in [0.3, 0.4) is 0 Å². The van der Waals surface area contributed by atoms with Crippen LogP contribution in [0.25, 0.3) is 0 Å². The quantitative estimate of drug-likeness (QED) is 0.180. The van der Waals surface area contributed by atoms with E-state index in [1.165, 1.54) is 4.31 Å². The van der Waals surface area contributed by atoms with Crippen molar-refractivity contribution in [2.45, 2.75) is 45.3 Å². The molecule has 0 saturated carbocycles. The van der Waals surface area contributed by atoms with Gasteiger partial charge < -0.3 is 9.47 Å². The number of nitrogens with zero attached hydrogens (tertiary/aromatic N) is 3. The van der Waals surface area contributed by atoms with Gasteiger partial charge in [-0.25, -0.2) is 13.6 Å². The second kappa shape index (κ2) is 13.0. The van der Waals surface area contributed by atoms with Crippen LogP contribution >= 0.6 is 0 Å². The van der Waals surface area contributed by atoms with Gasteiger partial charge in [0.25, 0.3) is 5.91 Å². The fourth-order valence-corrected chi connectivity index (χ4v) is 7.32. The molecular formula is C33H37N3O5SSi. The number of pyridine rings is 1. The summed E-state index contributed by atoms with van der Waals surface area (Å²) in [4.78, 5) is 17.6. The number of aromatic nitrogens is 1. The normalized spacial score (nSPS) is 14.6. The summed E-state index contributed by atoms with van der Waals surface area (Å²) in [5.41, 5.74) is 4.03. The molecule has 0 N–H and O–H groups in total. The van der Waals surface area contributed by atoms with E-state index in [-0.39, 0.29) is 19.7 Å². The number of rotatable bonds is 12. The molecule has 5 rings (SSSR count). The van der Waals surface area contributed by atoms with E-state index in [0.29, 0.717) is 36.4 Å². The number of ether oxygens (including phenoxy) is 2. The van der Waals surface area contributed by atoms with Gasteiger partial charge in [-0.15, -0.1) is 0 Å². The second-order valence-electron chi connectivity index (χ2n) is 11.8. The van der Waals surface area contributed by atoms with Gasteiger partial charge in [-0.1, -0.05) is 92.4 Å². The van der Waals surface area contributed by atoms with Crippen LogP contribution in [0.5, 0.6) is 11.6 Å². The Morgan fingerprint density at radius 3 is 2.09 bits per heavy atom. The van der Waals surface area contributed by atoms with Crippen LogP contribution in [0, 0.1) is 0 Å². The standard InChI is InChI=1S/C33H37N3O5SSi/c1-43(2,3)20-19-35-33(37)23-36(42(35,38)39)30-18-17-28(22-31(30)40-24-26-11-6-4-7-12-26)21-29-15-10-16-32(34-29)41-25-27-13-8-5-9-14-27/h4-18,22H,19-21,23-25H2,1-3H3. The molecule has 8 nitrogen and oxygen atoms in total. The first kappa shape index (κ1) is 30.3. The van der Waals surface area contributed by atoms with Gasteiger partial charge in [0.15, 0.2) is 0 Å². The van der Waals surface area contributed by atoms with Crippen LogP contribution in [0.4, 0.5) is 5.69 Å². The summed E-state index contributed by atoms with van der Waals surface area (Å²) in [5, 5.41) is 0. The molecule has 0 unspecified atom stereocenters. The number of carbonyl (C=O) groups is 1. The molecule has 1 aliphatic rings. The molecule has 0 radical (unpaired) electrons. The Labute approximate surface area is 255 Å². The third-order valence-corrected chi connectivity index (χ3v) is 10.7. The fourth-order valence-electron chi connectivity index (χ4n) is 4.72. The van der Waals surface area contributed by atoms with Crippen molar-refractivity contribution in [1.29, 1.82) is 0 Å². The molecule has 0 bridgehead atoms. The summed E-state index contributed by atoms with van der Waals surface area (Å²) in [7, 11) is -5.60. The minimum absolute atomic E-state index is 0.194. The first-order chi connectivity index (χ1) is 20.6. The molecule has 1 saturated heterocycles. The highest BCUT2D eigenvalue weighted by molar-refractivity contribution is 7.91. The Morgan fingerprint density at radius 2 is 1.44 bits per heavy atom. The molecule has 0 spiro atoms. The average molecular weight is 616 g/mol. The van der Waals surface area contributed by atoms with Crippen LogP contribution in [-0.4, -0.2) is 44.8 Å². The number of anilines is 1. The van der Waals surface area contributed by atoms with Gasteiger partial charge in [-0.3, -0.25) is 4.79 Å². The third-order valence-electron chi connectivity index (χ3n) is 7.11. The fraction of sp³-hybridized carbons (Fsp3) is 0.273. The summed E-state index contributed by atoms with van der Waals surface area (Å²) >= 11 is 0. The lowest BCUT2D eigenvalue weighted by atomic mass is 10.1. The predicted octanol–water partition coefficient (Wildman–Crippen LogP) is 6.06. The van der Waals surface area contributed by atoms with Crippen molar-refractivity contribution in [3.05, 3.63) is 119 Å².